The number of ether oxygens (including phenoxy) is 2. The Morgan fingerprint density at radius 2 is 2.00 bits per heavy atom. The first-order valence-electron chi connectivity index (χ1n) is 10.1. The molecule has 176 valence electrons. The molecule has 2 rings (SSSR count). The number of methoxy groups -OCH3 is 1. The molecule has 1 unspecified atom stereocenters. The van der Waals surface area contributed by atoms with Crippen LogP contribution in [0, 0.1) is 17.2 Å². The molecule has 1 amide bonds. The zero-order valence-corrected chi connectivity index (χ0v) is 19.7. The van der Waals surface area contributed by atoms with E-state index >= 15 is 0 Å². The number of allylic oxidation sites excluding steroid dienone is 3. The maximum Gasteiger partial charge on any atom is 0.355 e. The average molecular weight is 479 g/mol. The van der Waals surface area contributed by atoms with Crippen molar-refractivity contribution in [2.75, 3.05) is 7.11 Å². The highest BCUT2D eigenvalue weighted by Crippen LogP contribution is 2.50. The number of esters is 1. The van der Waals surface area contributed by atoms with Crippen LogP contribution in [0.4, 0.5) is 8.78 Å². The predicted molar refractivity (Wildman–Crippen MR) is 120 cm³/mol. The molecule has 0 N–H and O–H groups in total. The van der Waals surface area contributed by atoms with Gasteiger partial charge in [-0.05, 0) is 52.0 Å². The molecule has 0 aliphatic heterocycles. The van der Waals surface area contributed by atoms with Gasteiger partial charge < -0.3 is 9.47 Å². The molecule has 0 radical (unpaired) electrons. The van der Waals surface area contributed by atoms with Gasteiger partial charge in [0.2, 0.25) is 6.41 Å². The number of carbonyl (C=O) groups is 2. The Labute approximate surface area is 196 Å². The minimum Gasteiger partial charge on any atom is -0.495 e. The lowest BCUT2D eigenvalue weighted by Crippen LogP contribution is -2.30. The normalized spacial score (nSPS) is 18.3. The van der Waals surface area contributed by atoms with Gasteiger partial charge in [0.05, 0.1) is 24.9 Å². The third-order valence-electron chi connectivity index (χ3n) is 4.66. The Kier molecular flexibility index (Phi) is 8.04. The van der Waals surface area contributed by atoms with Gasteiger partial charge in [-0.25, -0.2) is 13.6 Å². The van der Waals surface area contributed by atoms with E-state index < -0.39 is 29.8 Å². The summed E-state index contributed by atoms with van der Waals surface area (Å²) in [5, 5.41) is 9.84. The third kappa shape index (κ3) is 6.65. The highest BCUT2D eigenvalue weighted by atomic mass is 35.5. The SMILES string of the molecule is C/C=C(\C(=C/N(C=O)/C(=C/C1CC1(F)F)C(=O)OC(C)(C)C)OC)c1cc(Cl)ccc1C#N. The molecule has 1 fully saturated rings. The first kappa shape index (κ1) is 26.1. The fourth-order valence-corrected chi connectivity index (χ4v) is 3.15. The van der Waals surface area contributed by atoms with E-state index in [9.17, 15) is 23.6 Å². The third-order valence-corrected chi connectivity index (χ3v) is 4.89. The van der Waals surface area contributed by atoms with Gasteiger partial charge in [-0.15, -0.1) is 0 Å². The van der Waals surface area contributed by atoms with E-state index in [2.05, 4.69) is 6.07 Å². The first-order valence-corrected chi connectivity index (χ1v) is 10.4. The summed E-state index contributed by atoms with van der Waals surface area (Å²) in [5.41, 5.74) is -0.138. The number of hydrogen-bond acceptors (Lipinski definition) is 5. The van der Waals surface area contributed by atoms with Crippen molar-refractivity contribution in [3.8, 4) is 6.07 Å². The quantitative estimate of drug-likeness (QED) is 0.163. The first-order chi connectivity index (χ1) is 15.4. The fraction of sp³-hybridized carbons (Fsp3) is 0.375. The number of nitrogens with zero attached hydrogens (tertiary/aromatic N) is 2. The van der Waals surface area contributed by atoms with Crippen molar-refractivity contribution in [1.82, 2.24) is 4.90 Å². The summed E-state index contributed by atoms with van der Waals surface area (Å²) in [6, 6.07) is 6.71. The van der Waals surface area contributed by atoms with Gasteiger partial charge in [0.1, 0.15) is 17.1 Å². The summed E-state index contributed by atoms with van der Waals surface area (Å²) in [5.74, 6) is -4.99. The predicted octanol–water partition coefficient (Wildman–Crippen LogP) is 5.44. The van der Waals surface area contributed by atoms with Crippen molar-refractivity contribution < 1.29 is 27.8 Å². The monoisotopic (exact) mass is 478 g/mol. The number of hydrogen-bond donors (Lipinski definition) is 0. The molecule has 0 spiro atoms. The highest BCUT2D eigenvalue weighted by Gasteiger charge is 2.56. The number of amides is 1. The summed E-state index contributed by atoms with van der Waals surface area (Å²) in [6.07, 6.45) is 3.71. The molecule has 1 aliphatic carbocycles. The smallest absolute Gasteiger partial charge is 0.355 e. The van der Waals surface area contributed by atoms with Crippen molar-refractivity contribution in [2.24, 2.45) is 5.92 Å². The average Bonchev–Trinajstić information content (AvgIpc) is 3.34. The van der Waals surface area contributed by atoms with Gasteiger partial charge in [0.25, 0.3) is 5.92 Å². The molecule has 0 aromatic heterocycles. The van der Waals surface area contributed by atoms with Crippen LogP contribution in [0.3, 0.4) is 0 Å². The largest absolute Gasteiger partial charge is 0.495 e. The summed E-state index contributed by atoms with van der Waals surface area (Å²) in [4.78, 5) is 25.6. The van der Waals surface area contributed by atoms with Gasteiger partial charge in [0.15, 0.2) is 0 Å². The molecule has 1 aromatic rings. The Bertz CT molecular complexity index is 1070. The maximum absolute atomic E-state index is 13.6. The summed E-state index contributed by atoms with van der Waals surface area (Å²) in [6.45, 7) is 6.55. The van der Waals surface area contributed by atoms with Gasteiger partial charge in [-0.2, -0.15) is 5.26 Å². The van der Waals surface area contributed by atoms with E-state index in [0.717, 1.165) is 11.0 Å². The Morgan fingerprint density at radius 3 is 2.45 bits per heavy atom. The maximum atomic E-state index is 13.6. The van der Waals surface area contributed by atoms with Crippen molar-refractivity contribution in [3.63, 3.8) is 0 Å². The van der Waals surface area contributed by atoms with Gasteiger partial charge in [-0.3, -0.25) is 9.69 Å². The van der Waals surface area contributed by atoms with E-state index in [1.165, 1.54) is 19.4 Å². The standard InChI is InChI=1S/C24H25ClF2N2O4/c1-6-18(19-10-17(25)8-7-15(19)12-28)21(32-5)13-29(14-30)20(9-16-11-24(16,26)27)22(31)33-23(2,3)4/h6-10,13-14,16H,11H2,1-5H3/b18-6-,20-9+,21-13+. The molecular formula is C24H25ClF2N2O4. The summed E-state index contributed by atoms with van der Waals surface area (Å²) < 4.78 is 37.9. The zero-order valence-electron chi connectivity index (χ0n) is 19.0. The Balaban J connectivity index is 2.57. The van der Waals surface area contributed by atoms with Crippen LogP contribution in [-0.4, -0.2) is 35.9 Å². The van der Waals surface area contributed by atoms with E-state index in [-0.39, 0.29) is 11.5 Å². The van der Waals surface area contributed by atoms with Crippen molar-refractivity contribution >= 4 is 29.6 Å². The van der Waals surface area contributed by atoms with Gasteiger partial charge in [-0.1, -0.05) is 17.7 Å². The van der Waals surface area contributed by atoms with Crippen LogP contribution in [0.2, 0.25) is 5.02 Å². The molecular weight excluding hydrogens is 454 g/mol. The molecule has 6 nitrogen and oxygen atoms in total. The van der Waals surface area contributed by atoms with E-state index in [0.29, 0.717) is 28.1 Å². The lowest BCUT2D eigenvalue weighted by atomic mass is 9.98. The molecule has 33 heavy (non-hydrogen) atoms. The molecule has 1 aliphatic rings. The van der Waals surface area contributed by atoms with Crippen LogP contribution in [0.5, 0.6) is 0 Å². The number of rotatable bonds is 8. The molecule has 1 atom stereocenters. The summed E-state index contributed by atoms with van der Waals surface area (Å²) >= 11 is 6.10. The van der Waals surface area contributed by atoms with Gasteiger partial charge >= 0.3 is 5.97 Å². The van der Waals surface area contributed by atoms with Gasteiger partial charge in [0, 0.05) is 28.5 Å². The second-order valence-electron chi connectivity index (χ2n) is 8.34. The lowest BCUT2D eigenvalue weighted by molar-refractivity contribution is -0.152. The lowest BCUT2D eigenvalue weighted by Gasteiger charge is -2.24. The van der Waals surface area contributed by atoms with Crippen LogP contribution in [-0.2, 0) is 19.1 Å². The minimum atomic E-state index is -2.95. The highest BCUT2D eigenvalue weighted by molar-refractivity contribution is 6.30. The molecule has 0 heterocycles. The second kappa shape index (κ2) is 10.2. The number of halogens is 3. The topological polar surface area (TPSA) is 79.6 Å². The van der Waals surface area contributed by atoms with E-state index in [4.69, 9.17) is 21.1 Å². The zero-order chi connectivity index (χ0) is 25.0. The number of benzene rings is 1. The molecule has 9 heteroatoms. The molecule has 1 saturated carbocycles. The number of carbonyl (C=O) groups excluding carboxylic acids is 2. The van der Waals surface area contributed by atoms with Crippen LogP contribution in [0.15, 0.2) is 48.0 Å². The molecule has 1 aromatic carbocycles. The fourth-order valence-electron chi connectivity index (χ4n) is 2.98. The molecule has 0 saturated heterocycles. The van der Waals surface area contributed by atoms with Crippen LogP contribution in [0.1, 0.15) is 45.2 Å². The summed E-state index contributed by atoms with van der Waals surface area (Å²) in [7, 11) is 1.33. The minimum absolute atomic E-state index is 0.0976. The van der Waals surface area contributed by atoms with Crippen LogP contribution >= 0.6 is 11.6 Å². The van der Waals surface area contributed by atoms with Crippen molar-refractivity contribution in [3.05, 3.63) is 64.2 Å². The van der Waals surface area contributed by atoms with Crippen molar-refractivity contribution in [1.29, 1.82) is 5.26 Å². The van der Waals surface area contributed by atoms with Crippen LogP contribution < -0.4 is 0 Å². The van der Waals surface area contributed by atoms with Crippen molar-refractivity contribution in [2.45, 2.75) is 45.6 Å². The Hall–Kier alpha value is -3.18. The number of nitriles is 1. The van der Waals surface area contributed by atoms with E-state index in [1.807, 2.05) is 0 Å². The second-order valence-corrected chi connectivity index (χ2v) is 8.78. The number of alkyl halides is 2. The molecule has 0 bridgehead atoms. The Morgan fingerprint density at radius 1 is 1.36 bits per heavy atom. The van der Waals surface area contributed by atoms with E-state index in [1.54, 1.807) is 45.9 Å². The van der Waals surface area contributed by atoms with Crippen LogP contribution in [0.25, 0.3) is 5.57 Å².